The molecule has 0 radical (unpaired) electrons. The number of ether oxygens (including phenoxy) is 1. The summed E-state index contributed by atoms with van der Waals surface area (Å²) < 4.78 is 7.74. The first kappa shape index (κ1) is 21.7. The first-order valence-electron chi connectivity index (χ1n) is 10.2. The summed E-state index contributed by atoms with van der Waals surface area (Å²) in [7, 11) is 0. The van der Waals surface area contributed by atoms with E-state index in [1.54, 1.807) is 6.20 Å². The van der Waals surface area contributed by atoms with Crippen molar-refractivity contribution in [3.05, 3.63) is 46.7 Å². The number of likely N-dealkylation sites (tertiary alicyclic amines) is 1. The van der Waals surface area contributed by atoms with E-state index < -0.39 is 5.60 Å². The van der Waals surface area contributed by atoms with Gasteiger partial charge in [-0.05, 0) is 68.9 Å². The van der Waals surface area contributed by atoms with Crippen LogP contribution < -0.4 is 4.74 Å². The van der Waals surface area contributed by atoms with Crippen LogP contribution in [0.3, 0.4) is 0 Å². The highest BCUT2D eigenvalue weighted by Gasteiger charge is 2.32. The molecule has 1 aromatic heterocycles. The van der Waals surface area contributed by atoms with E-state index >= 15 is 0 Å². The second-order valence-corrected chi connectivity index (χ2v) is 8.37. The van der Waals surface area contributed by atoms with Crippen LogP contribution in [0.4, 0.5) is 0 Å². The van der Waals surface area contributed by atoms with E-state index in [0.29, 0.717) is 38.1 Å². The van der Waals surface area contributed by atoms with Crippen LogP contribution in [0.1, 0.15) is 43.2 Å². The maximum Gasteiger partial charge on any atom is 0.222 e. The zero-order valence-corrected chi connectivity index (χ0v) is 18.0. The molecule has 1 aliphatic heterocycles. The number of rotatable bonds is 7. The Morgan fingerprint density at radius 3 is 2.72 bits per heavy atom. The fraction of sp³-hybridized carbons (Fsp3) is 0.545. The molecule has 1 unspecified atom stereocenters. The van der Waals surface area contributed by atoms with Crippen LogP contribution in [0.15, 0.2) is 30.6 Å². The minimum Gasteiger partial charge on any atom is -0.491 e. The van der Waals surface area contributed by atoms with Gasteiger partial charge in [-0.15, -0.1) is 0 Å². The number of benzene rings is 1. The number of aromatic nitrogens is 2. The number of carbonyl (C=O) groups is 1. The molecule has 158 valence electrons. The van der Waals surface area contributed by atoms with E-state index in [1.165, 1.54) is 0 Å². The molecule has 1 aliphatic rings. The molecule has 1 N–H and O–H groups in total. The molecule has 0 bridgehead atoms. The summed E-state index contributed by atoms with van der Waals surface area (Å²) in [6.07, 6.45) is 6.81. The average molecular weight is 420 g/mol. The van der Waals surface area contributed by atoms with Crippen molar-refractivity contribution in [1.82, 2.24) is 14.7 Å². The van der Waals surface area contributed by atoms with Gasteiger partial charge in [-0.3, -0.25) is 9.48 Å². The van der Waals surface area contributed by atoms with Gasteiger partial charge in [0.15, 0.2) is 0 Å². The molecule has 1 atom stereocenters. The Morgan fingerprint density at radius 2 is 2.03 bits per heavy atom. The van der Waals surface area contributed by atoms with E-state index in [4.69, 9.17) is 16.3 Å². The third kappa shape index (κ3) is 5.97. The van der Waals surface area contributed by atoms with Gasteiger partial charge in [0.25, 0.3) is 0 Å². The fourth-order valence-electron chi connectivity index (χ4n) is 3.76. The van der Waals surface area contributed by atoms with Crippen molar-refractivity contribution >= 4 is 17.5 Å². The largest absolute Gasteiger partial charge is 0.491 e. The van der Waals surface area contributed by atoms with Crippen LogP contribution in [0.25, 0.3) is 0 Å². The normalized spacial score (nSPS) is 19.8. The Labute approximate surface area is 177 Å². The minimum atomic E-state index is -0.925. The molecule has 29 heavy (non-hydrogen) atoms. The molecule has 2 aromatic rings. The van der Waals surface area contributed by atoms with Crippen molar-refractivity contribution in [2.45, 2.75) is 58.1 Å². The van der Waals surface area contributed by atoms with Gasteiger partial charge in [0.05, 0.1) is 0 Å². The van der Waals surface area contributed by atoms with Crippen molar-refractivity contribution in [1.29, 1.82) is 0 Å². The summed E-state index contributed by atoms with van der Waals surface area (Å²) in [5, 5.41) is 15.9. The van der Waals surface area contributed by atoms with E-state index in [-0.39, 0.29) is 12.5 Å². The Balaban J connectivity index is 1.48. The highest BCUT2D eigenvalue weighted by Crippen LogP contribution is 2.28. The molecule has 6 nitrogen and oxygen atoms in total. The standard InChI is InChI=1S/C22H30ClN3O3/c1-17-14-19(15-18(2)21(17)23)29-16-22(28)7-4-10-25(13-8-22)20(27)6-3-11-26-12-5-9-24-26/h5,9,12,14-15,28H,3-4,6-8,10-11,13,16H2,1-2H3. The van der Waals surface area contributed by atoms with Gasteiger partial charge < -0.3 is 14.7 Å². The second-order valence-electron chi connectivity index (χ2n) is 7.99. The quantitative estimate of drug-likeness (QED) is 0.742. The van der Waals surface area contributed by atoms with Crippen LogP contribution in [-0.4, -0.2) is 51.0 Å². The molecule has 3 rings (SSSR count). The molecular weight excluding hydrogens is 390 g/mol. The van der Waals surface area contributed by atoms with E-state index in [1.807, 2.05) is 47.8 Å². The molecule has 1 saturated heterocycles. The SMILES string of the molecule is Cc1cc(OCC2(O)CCCN(C(=O)CCCn3cccn3)CC2)cc(C)c1Cl. The molecule has 0 aliphatic carbocycles. The summed E-state index contributed by atoms with van der Waals surface area (Å²) in [4.78, 5) is 14.4. The van der Waals surface area contributed by atoms with Crippen molar-refractivity contribution in [2.24, 2.45) is 0 Å². The molecule has 7 heteroatoms. The van der Waals surface area contributed by atoms with Gasteiger partial charge in [0.1, 0.15) is 18.0 Å². The summed E-state index contributed by atoms with van der Waals surface area (Å²) in [6, 6.07) is 5.67. The van der Waals surface area contributed by atoms with Crippen LogP contribution in [0, 0.1) is 13.8 Å². The molecule has 1 fully saturated rings. The number of aliphatic hydroxyl groups is 1. The van der Waals surface area contributed by atoms with Gasteiger partial charge >= 0.3 is 0 Å². The van der Waals surface area contributed by atoms with Crippen molar-refractivity contribution in [2.75, 3.05) is 19.7 Å². The monoisotopic (exact) mass is 419 g/mol. The first-order valence-corrected chi connectivity index (χ1v) is 10.6. The maximum atomic E-state index is 12.5. The lowest BCUT2D eigenvalue weighted by molar-refractivity contribution is -0.131. The fourth-order valence-corrected chi connectivity index (χ4v) is 3.87. The topological polar surface area (TPSA) is 67.6 Å². The predicted molar refractivity (Wildman–Crippen MR) is 113 cm³/mol. The van der Waals surface area contributed by atoms with Gasteiger partial charge in [0.2, 0.25) is 5.91 Å². The van der Waals surface area contributed by atoms with E-state index in [9.17, 15) is 9.90 Å². The number of amides is 1. The number of hydrogen-bond acceptors (Lipinski definition) is 4. The van der Waals surface area contributed by atoms with Crippen LogP contribution in [0.2, 0.25) is 5.02 Å². The molecule has 1 amide bonds. The van der Waals surface area contributed by atoms with Gasteiger partial charge in [0, 0.05) is 43.5 Å². The molecule has 0 saturated carbocycles. The minimum absolute atomic E-state index is 0.145. The third-order valence-electron chi connectivity index (χ3n) is 5.52. The number of carbonyl (C=O) groups excluding carboxylic acids is 1. The summed E-state index contributed by atoms with van der Waals surface area (Å²) >= 11 is 6.21. The number of nitrogens with zero attached hydrogens (tertiary/aromatic N) is 3. The zero-order valence-electron chi connectivity index (χ0n) is 17.2. The lowest BCUT2D eigenvalue weighted by atomic mass is 9.96. The Morgan fingerprint density at radius 1 is 1.28 bits per heavy atom. The smallest absolute Gasteiger partial charge is 0.222 e. The Bertz CT molecular complexity index is 802. The Hall–Kier alpha value is -2.05. The highest BCUT2D eigenvalue weighted by molar-refractivity contribution is 6.32. The summed E-state index contributed by atoms with van der Waals surface area (Å²) in [5.41, 5.74) is 0.994. The molecule has 1 aromatic carbocycles. The van der Waals surface area contributed by atoms with Crippen molar-refractivity contribution in [3.63, 3.8) is 0 Å². The van der Waals surface area contributed by atoms with Crippen LogP contribution in [0.5, 0.6) is 5.75 Å². The lowest BCUT2D eigenvalue weighted by Gasteiger charge is -2.27. The summed E-state index contributed by atoms with van der Waals surface area (Å²) in [6.45, 7) is 6.08. The van der Waals surface area contributed by atoms with Crippen LogP contribution in [-0.2, 0) is 11.3 Å². The van der Waals surface area contributed by atoms with Crippen molar-refractivity contribution in [3.8, 4) is 5.75 Å². The number of aryl methyl sites for hydroxylation is 3. The van der Waals surface area contributed by atoms with Crippen molar-refractivity contribution < 1.29 is 14.6 Å². The van der Waals surface area contributed by atoms with E-state index in [2.05, 4.69) is 5.10 Å². The van der Waals surface area contributed by atoms with Crippen LogP contribution >= 0.6 is 11.6 Å². The Kier molecular flexibility index (Phi) is 7.19. The van der Waals surface area contributed by atoms with E-state index in [0.717, 1.165) is 35.5 Å². The average Bonchev–Trinajstić information content (AvgIpc) is 3.12. The van der Waals surface area contributed by atoms with Gasteiger partial charge in [-0.25, -0.2) is 0 Å². The molecule has 0 spiro atoms. The number of hydrogen-bond donors (Lipinski definition) is 1. The first-order chi connectivity index (χ1) is 13.9. The maximum absolute atomic E-state index is 12.5. The van der Waals surface area contributed by atoms with Gasteiger partial charge in [-0.1, -0.05) is 11.6 Å². The molecular formula is C22H30ClN3O3. The second kappa shape index (κ2) is 9.63. The van der Waals surface area contributed by atoms with Gasteiger partial charge in [-0.2, -0.15) is 5.10 Å². The zero-order chi connectivity index (χ0) is 20.9. The predicted octanol–water partition coefficient (Wildman–Crippen LogP) is 3.76. The summed E-state index contributed by atoms with van der Waals surface area (Å²) in [5.74, 6) is 0.861. The molecule has 2 heterocycles. The lowest BCUT2D eigenvalue weighted by Crippen LogP contribution is -2.38. The third-order valence-corrected chi connectivity index (χ3v) is 6.12. The highest BCUT2D eigenvalue weighted by atomic mass is 35.5. The number of halogens is 1.